The molecule has 0 radical (unpaired) electrons. The number of nitro benzene ring substituents is 1. The summed E-state index contributed by atoms with van der Waals surface area (Å²) in [5, 5.41) is 11.6. The van der Waals surface area contributed by atoms with Crippen LogP contribution < -0.4 is 10.6 Å². The summed E-state index contributed by atoms with van der Waals surface area (Å²) in [6.45, 7) is 6.24. The van der Waals surface area contributed by atoms with Crippen LogP contribution in [0.4, 0.5) is 11.4 Å². The Morgan fingerprint density at radius 2 is 1.66 bits per heavy atom. The lowest BCUT2D eigenvalue weighted by molar-refractivity contribution is -0.387. The molecule has 4 rings (SSSR count). The third-order valence-electron chi connectivity index (χ3n) is 7.89. The fourth-order valence-electron chi connectivity index (χ4n) is 5.36. The van der Waals surface area contributed by atoms with Gasteiger partial charge in [-0.15, -0.1) is 0 Å². The van der Waals surface area contributed by atoms with Gasteiger partial charge in [-0.25, -0.2) is 8.42 Å². The normalized spacial score (nSPS) is 18.4. The van der Waals surface area contributed by atoms with Gasteiger partial charge in [0.05, 0.1) is 4.92 Å². The van der Waals surface area contributed by atoms with Crippen LogP contribution >= 0.6 is 0 Å². The Hall–Kier alpha value is -3.32. The molecule has 11 nitrogen and oxygen atoms in total. The Morgan fingerprint density at radius 1 is 1.02 bits per heavy atom. The van der Waals surface area contributed by atoms with Crippen LogP contribution in [0, 0.1) is 10.1 Å². The Balaban J connectivity index is 1.41. The van der Waals surface area contributed by atoms with E-state index in [0.29, 0.717) is 25.8 Å². The topological polar surface area (TPSA) is 129 Å². The SMILES string of the molecule is CN1CCC(N(CCCN=C/C(=C\N)c2ccc(N3CCN(C)CC3)cc2)S(=O)(=O)c2ccccc2[N+](=O)[O-])CC1. The van der Waals surface area contributed by atoms with Crippen molar-refractivity contribution < 1.29 is 13.3 Å². The maximum Gasteiger partial charge on any atom is 0.289 e. The molecule has 2 fully saturated rings. The molecule has 0 aromatic heterocycles. The van der Waals surface area contributed by atoms with Gasteiger partial charge in [-0.3, -0.25) is 15.1 Å². The van der Waals surface area contributed by atoms with Gasteiger partial charge in [0, 0.05) is 75.1 Å². The number of hydrogen-bond acceptors (Lipinski definition) is 9. The van der Waals surface area contributed by atoms with E-state index in [1.54, 1.807) is 6.21 Å². The van der Waals surface area contributed by atoms with E-state index in [-0.39, 0.29) is 17.5 Å². The number of anilines is 1. The van der Waals surface area contributed by atoms with Gasteiger partial charge in [0.25, 0.3) is 5.69 Å². The number of likely N-dealkylation sites (N-methyl/N-ethyl adjacent to an activating group) is 1. The summed E-state index contributed by atoms with van der Waals surface area (Å²) in [6, 6.07) is 13.6. The Kier molecular flexibility index (Phi) is 10.5. The van der Waals surface area contributed by atoms with Gasteiger partial charge < -0.3 is 20.4 Å². The summed E-state index contributed by atoms with van der Waals surface area (Å²) in [4.78, 5) is 22.1. The number of piperidine rings is 1. The first-order valence-corrected chi connectivity index (χ1v) is 15.5. The van der Waals surface area contributed by atoms with Crippen molar-refractivity contribution in [2.75, 3.05) is 71.4 Å². The van der Waals surface area contributed by atoms with Crippen LogP contribution in [0.25, 0.3) is 5.57 Å². The lowest BCUT2D eigenvalue weighted by Crippen LogP contribution is -2.47. The quantitative estimate of drug-likeness (QED) is 0.185. The lowest BCUT2D eigenvalue weighted by Gasteiger charge is -2.36. The fourth-order valence-corrected chi connectivity index (χ4v) is 7.24. The number of para-hydroxylation sites is 1. The smallest absolute Gasteiger partial charge is 0.289 e. The van der Waals surface area contributed by atoms with E-state index in [1.807, 2.05) is 19.2 Å². The molecule has 2 saturated heterocycles. The molecule has 0 aliphatic carbocycles. The number of nitro groups is 1. The van der Waals surface area contributed by atoms with Crippen molar-refractivity contribution in [1.82, 2.24) is 14.1 Å². The van der Waals surface area contributed by atoms with Gasteiger partial charge in [0.15, 0.2) is 4.90 Å². The molecule has 2 N–H and O–H groups in total. The van der Waals surface area contributed by atoms with E-state index in [9.17, 15) is 18.5 Å². The average Bonchev–Trinajstić information content (AvgIpc) is 2.98. The molecule has 0 amide bonds. The van der Waals surface area contributed by atoms with E-state index < -0.39 is 20.6 Å². The zero-order valence-corrected chi connectivity index (χ0v) is 24.7. The van der Waals surface area contributed by atoms with Crippen molar-refractivity contribution in [3.63, 3.8) is 0 Å². The molecule has 2 heterocycles. The lowest BCUT2D eigenvalue weighted by atomic mass is 10.1. The molecule has 0 bridgehead atoms. The largest absolute Gasteiger partial charge is 0.404 e. The second-order valence-electron chi connectivity index (χ2n) is 10.7. The van der Waals surface area contributed by atoms with E-state index in [2.05, 4.69) is 38.9 Å². The number of aliphatic imine (C=N–C) groups is 1. The van der Waals surface area contributed by atoms with Crippen LogP contribution in [-0.2, 0) is 10.0 Å². The predicted molar refractivity (Wildman–Crippen MR) is 164 cm³/mol. The molecule has 2 aromatic rings. The standard InChI is InChI=1S/C29H41N7O4S/c1-32-16-12-27(13-17-32)35(41(39,40)29-7-4-3-6-28(29)36(37)38)15-5-14-31-23-25(22-30)24-8-10-26(11-9-24)34-20-18-33(2)19-21-34/h3-4,6-11,22-23,27H,5,12-21,30H2,1-2H3/b25-22+,31-23?. The third kappa shape index (κ3) is 7.70. The first kappa shape index (κ1) is 30.6. The molecule has 0 saturated carbocycles. The van der Waals surface area contributed by atoms with Gasteiger partial charge in [-0.1, -0.05) is 24.3 Å². The second-order valence-corrected chi connectivity index (χ2v) is 12.6. The Morgan fingerprint density at radius 3 is 2.29 bits per heavy atom. The minimum atomic E-state index is -4.08. The van der Waals surface area contributed by atoms with Crippen molar-refractivity contribution in [2.45, 2.75) is 30.2 Å². The summed E-state index contributed by atoms with van der Waals surface area (Å²) >= 11 is 0. The van der Waals surface area contributed by atoms with Gasteiger partial charge >= 0.3 is 0 Å². The second kappa shape index (κ2) is 14.0. The minimum absolute atomic E-state index is 0.224. The monoisotopic (exact) mass is 583 g/mol. The number of nitrogens with zero attached hydrogens (tertiary/aromatic N) is 6. The average molecular weight is 584 g/mol. The summed E-state index contributed by atoms with van der Waals surface area (Å²) in [5.41, 5.74) is 8.44. The number of piperazine rings is 1. The molecule has 0 spiro atoms. The van der Waals surface area contributed by atoms with Crippen molar-refractivity contribution >= 4 is 33.2 Å². The summed E-state index contributed by atoms with van der Waals surface area (Å²) < 4.78 is 28.9. The van der Waals surface area contributed by atoms with E-state index in [0.717, 1.165) is 50.4 Å². The zero-order chi connectivity index (χ0) is 29.4. The molecular formula is C29H41N7O4S. The van der Waals surface area contributed by atoms with Crippen molar-refractivity contribution in [3.8, 4) is 0 Å². The summed E-state index contributed by atoms with van der Waals surface area (Å²) in [7, 11) is 0.0675. The molecule has 12 heteroatoms. The molecule has 2 aliphatic heterocycles. The van der Waals surface area contributed by atoms with Gasteiger partial charge in [0.1, 0.15) is 0 Å². The van der Waals surface area contributed by atoms with Crippen molar-refractivity contribution in [2.24, 2.45) is 10.7 Å². The number of sulfonamides is 1. The number of rotatable bonds is 11. The number of nitrogens with two attached hydrogens (primary N) is 1. The van der Waals surface area contributed by atoms with E-state index in [4.69, 9.17) is 5.73 Å². The number of allylic oxidation sites excluding steroid dienone is 1. The highest BCUT2D eigenvalue weighted by atomic mass is 32.2. The predicted octanol–water partition coefficient (Wildman–Crippen LogP) is 2.89. The highest BCUT2D eigenvalue weighted by Gasteiger charge is 2.36. The van der Waals surface area contributed by atoms with Crippen LogP contribution in [0.15, 0.2) is 64.6 Å². The fraction of sp³-hybridized carbons (Fsp3) is 0.483. The van der Waals surface area contributed by atoms with Gasteiger partial charge in [0.2, 0.25) is 10.0 Å². The maximum atomic E-state index is 13.7. The minimum Gasteiger partial charge on any atom is -0.404 e. The van der Waals surface area contributed by atoms with Crippen LogP contribution in [0.5, 0.6) is 0 Å². The van der Waals surface area contributed by atoms with Crippen LogP contribution in [-0.4, -0.2) is 106 Å². The van der Waals surface area contributed by atoms with Crippen LogP contribution in [0.3, 0.4) is 0 Å². The molecule has 0 unspecified atom stereocenters. The Bertz CT molecular complexity index is 1330. The maximum absolute atomic E-state index is 13.7. The zero-order valence-electron chi connectivity index (χ0n) is 23.9. The molecule has 0 atom stereocenters. The van der Waals surface area contributed by atoms with Crippen LogP contribution in [0.2, 0.25) is 0 Å². The molecule has 2 aliphatic rings. The van der Waals surface area contributed by atoms with Gasteiger partial charge in [-0.05, 0) is 70.2 Å². The summed E-state index contributed by atoms with van der Waals surface area (Å²) in [5.74, 6) is 0. The highest BCUT2D eigenvalue weighted by molar-refractivity contribution is 7.89. The first-order valence-electron chi connectivity index (χ1n) is 14.1. The third-order valence-corrected chi connectivity index (χ3v) is 9.89. The van der Waals surface area contributed by atoms with Gasteiger partial charge in [-0.2, -0.15) is 4.31 Å². The van der Waals surface area contributed by atoms with Crippen molar-refractivity contribution in [3.05, 3.63) is 70.4 Å². The highest BCUT2D eigenvalue weighted by Crippen LogP contribution is 2.30. The molecule has 41 heavy (non-hydrogen) atoms. The summed E-state index contributed by atoms with van der Waals surface area (Å²) in [6.07, 6.45) is 5.07. The van der Waals surface area contributed by atoms with Crippen molar-refractivity contribution in [1.29, 1.82) is 0 Å². The van der Waals surface area contributed by atoms with E-state index in [1.165, 1.54) is 40.5 Å². The van der Waals surface area contributed by atoms with E-state index >= 15 is 0 Å². The number of hydrogen-bond donors (Lipinski definition) is 1. The first-order chi connectivity index (χ1) is 19.7. The molecule has 2 aromatic carbocycles. The van der Waals surface area contributed by atoms with Crippen LogP contribution in [0.1, 0.15) is 24.8 Å². The Labute approximate surface area is 243 Å². The number of benzene rings is 2. The molecular weight excluding hydrogens is 542 g/mol. The number of likely N-dealkylation sites (tertiary alicyclic amines) is 1. The molecule has 222 valence electrons.